The molecule has 0 unspecified atom stereocenters. The first-order valence-electron chi connectivity index (χ1n) is 5.08. The van der Waals surface area contributed by atoms with Gasteiger partial charge in [0.15, 0.2) is 0 Å². The van der Waals surface area contributed by atoms with E-state index in [-0.39, 0.29) is 5.91 Å². The van der Waals surface area contributed by atoms with Crippen LogP contribution in [0, 0.1) is 0 Å². The predicted octanol–water partition coefficient (Wildman–Crippen LogP) is 5.97. The Bertz CT molecular complexity index is 624. The first kappa shape index (κ1) is 15.5. The number of amides is 1. The third-order valence-corrected chi connectivity index (χ3v) is 6.47. The van der Waals surface area contributed by atoms with E-state index in [9.17, 15) is 4.79 Å². The van der Waals surface area contributed by atoms with E-state index in [4.69, 9.17) is 11.6 Å². The van der Waals surface area contributed by atoms with Crippen molar-refractivity contribution < 1.29 is 4.79 Å². The quantitative estimate of drug-likeness (QED) is 0.511. The summed E-state index contributed by atoms with van der Waals surface area (Å²) in [4.78, 5) is 14.6. The Balaban J connectivity index is 2.33. The van der Waals surface area contributed by atoms with E-state index in [1.807, 2.05) is 12.1 Å². The summed E-state index contributed by atoms with van der Waals surface area (Å²) in [5.74, 6) is -0.0966. The topological polar surface area (TPSA) is 20.3 Å². The molecule has 0 aliphatic carbocycles. The smallest absolute Gasteiger partial charge is 0.268 e. The number of hydrogen-bond donors (Lipinski definition) is 0. The zero-order chi connectivity index (χ0) is 14.2. The number of anilines is 1. The fourth-order valence-corrected chi connectivity index (χ4v) is 4.29. The minimum Gasteiger partial charge on any atom is -0.309 e. The van der Waals surface area contributed by atoms with E-state index in [1.165, 1.54) is 11.3 Å². The third kappa shape index (κ3) is 3.42. The Morgan fingerprint density at radius 1 is 1.26 bits per heavy atom. The molecular weight excluding hydrogens is 481 g/mol. The molecule has 2 nitrogen and oxygen atoms in total. The number of rotatable bonds is 2. The molecule has 1 heterocycles. The average Bonchev–Trinajstić information content (AvgIpc) is 2.68. The van der Waals surface area contributed by atoms with Crippen LogP contribution in [0.25, 0.3) is 0 Å². The van der Waals surface area contributed by atoms with Crippen molar-refractivity contribution in [3.63, 3.8) is 0 Å². The number of thiophene rings is 1. The van der Waals surface area contributed by atoms with E-state index in [0.29, 0.717) is 15.6 Å². The van der Waals surface area contributed by atoms with Gasteiger partial charge in [-0.2, -0.15) is 0 Å². The van der Waals surface area contributed by atoms with Crippen molar-refractivity contribution in [3.05, 3.63) is 46.9 Å². The molecule has 1 aromatic heterocycles. The third-order valence-electron chi connectivity index (χ3n) is 2.43. The molecule has 0 spiro atoms. The van der Waals surface area contributed by atoms with Crippen LogP contribution in [-0.2, 0) is 0 Å². The minimum atomic E-state index is -0.0966. The maximum Gasteiger partial charge on any atom is 0.268 e. The van der Waals surface area contributed by atoms with Crippen LogP contribution in [0.1, 0.15) is 9.67 Å². The van der Waals surface area contributed by atoms with Gasteiger partial charge < -0.3 is 4.90 Å². The number of hydrogen-bond acceptors (Lipinski definition) is 2. The highest BCUT2D eigenvalue weighted by atomic mass is 79.9. The Labute approximate surface area is 145 Å². The van der Waals surface area contributed by atoms with E-state index < -0.39 is 0 Å². The maximum atomic E-state index is 12.4. The van der Waals surface area contributed by atoms with Gasteiger partial charge in [-0.05, 0) is 56.1 Å². The zero-order valence-corrected chi connectivity index (χ0v) is 15.9. The van der Waals surface area contributed by atoms with Gasteiger partial charge in [0.05, 0.1) is 19.4 Å². The lowest BCUT2D eigenvalue weighted by molar-refractivity contribution is 0.0997. The largest absolute Gasteiger partial charge is 0.309 e. The molecular formula is C12H7Br3ClNOS. The van der Waals surface area contributed by atoms with Crippen molar-refractivity contribution in [1.29, 1.82) is 0 Å². The first-order valence-corrected chi connectivity index (χ1v) is 8.65. The van der Waals surface area contributed by atoms with Gasteiger partial charge >= 0.3 is 0 Å². The molecule has 100 valence electrons. The van der Waals surface area contributed by atoms with E-state index in [1.54, 1.807) is 24.1 Å². The SMILES string of the molecule is CN(C(=O)c1cc(Br)c(Br)s1)c1ccc(Br)cc1Cl. The lowest BCUT2D eigenvalue weighted by Gasteiger charge is -2.18. The van der Waals surface area contributed by atoms with Crippen molar-refractivity contribution in [3.8, 4) is 0 Å². The number of benzene rings is 1. The Morgan fingerprint density at radius 3 is 2.47 bits per heavy atom. The number of carbonyl (C=O) groups is 1. The molecule has 1 amide bonds. The molecule has 0 saturated carbocycles. The van der Waals surface area contributed by atoms with Crippen molar-refractivity contribution >= 4 is 82.3 Å². The highest BCUT2D eigenvalue weighted by Gasteiger charge is 2.19. The number of halogens is 4. The standard InChI is InChI=1S/C12H7Br3ClNOS/c1-17(9-3-2-6(13)4-8(9)16)12(18)10-5-7(14)11(15)19-10/h2-5H,1H3. The predicted molar refractivity (Wildman–Crippen MR) is 91.6 cm³/mol. The average molecular weight is 488 g/mol. The molecule has 2 aromatic rings. The molecule has 0 N–H and O–H groups in total. The number of nitrogens with zero attached hydrogens (tertiary/aromatic N) is 1. The van der Waals surface area contributed by atoms with Gasteiger partial charge in [0.2, 0.25) is 0 Å². The van der Waals surface area contributed by atoms with Crippen molar-refractivity contribution in [2.75, 3.05) is 11.9 Å². The molecule has 1 aromatic carbocycles. The van der Waals surface area contributed by atoms with Gasteiger partial charge in [0.25, 0.3) is 5.91 Å². The van der Waals surface area contributed by atoms with Crippen molar-refractivity contribution in [1.82, 2.24) is 0 Å². The minimum absolute atomic E-state index is 0.0966. The van der Waals surface area contributed by atoms with Crippen LogP contribution in [0.5, 0.6) is 0 Å². The molecule has 0 atom stereocenters. The van der Waals surface area contributed by atoms with Crippen LogP contribution in [0.3, 0.4) is 0 Å². The van der Waals surface area contributed by atoms with Crippen molar-refractivity contribution in [2.24, 2.45) is 0 Å². The van der Waals surface area contributed by atoms with Crippen LogP contribution >= 0.6 is 70.7 Å². The summed E-state index contributed by atoms with van der Waals surface area (Å²) in [6, 6.07) is 7.22. The van der Waals surface area contributed by atoms with E-state index in [2.05, 4.69) is 47.8 Å². The molecule has 2 rings (SSSR count). The summed E-state index contributed by atoms with van der Waals surface area (Å²) in [6.45, 7) is 0. The van der Waals surface area contributed by atoms with Gasteiger partial charge in [-0.25, -0.2) is 0 Å². The fourth-order valence-electron chi connectivity index (χ4n) is 1.48. The second-order valence-electron chi connectivity index (χ2n) is 3.69. The zero-order valence-electron chi connectivity index (χ0n) is 9.58. The molecule has 0 fully saturated rings. The van der Waals surface area contributed by atoms with Gasteiger partial charge in [-0.1, -0.05) is 27.5 Å². The highest BCUT2D eigenvalue weighted by molar-refractivity contribution is 9.13. The Morgan fingerprint density at radius 2 is 1.95 bits per heavy atom. The maximum absolute atomic E-state index is 12.4. The Hall–Kier alpha value is 0.120. The van der Waals surface area contributed by atoms with Crippen molar-refractivity contribution in [2.45, 2.75) is 0 Å². The molecule has 7 heteroatoms. The molecule has 0 aliphatic heterocycles. The summed E-state index contributed by atoms with van der Waals surface area (Å²) in [6.07, 6.45) is 0. The van der Waals surface area contributed by atoms with E-state index >= 15 is 0 Å². The molecule has 0 saturated heterocycles. The van der Waals surface area contributed by atoms with Crippen LogP contribution < -0.4 is 4.90 Å². The van der Waals surface area contributed by atoms with Crippen LogP contribution in [0.4, 0.5) is 5.69 Å². The lowest BCUT2D eigenvalue weighted by Crippen LogP contribution is -2.25. The Kier molecular flexibility index (Phi) is 5.11. The summed E-state index contributed by atoms with van der Waals surface area (Å²) >= 11 is 17.6. The van der Waals surface area contributed by atoms with Gasteiger partial charge in [0.1, 0.15) is 0 Å². The van der Waals surface area contributed by atoms with Crippen LogP contribution in [0.15, 0.2) is 37.0 Å². The second-order valence-corrected chi connectivity index (χ2v) is 8.24. The monoisotopic (exact) mass is 485 g/mol. The molecule has 0 bridgehead atoms. The molecule has 19 heavy (non-hydrogen) atoms. The van der Waals surface area contributed by atoms with Crippen LogP contribution in [0.2, 0.25) is 5.02 Å². The summed E-state index contributed by atoms with van der Waals surface area (Å²) in [5, 5.41) is 0.528. The van der Waals surface area contributed by atoms with Gasteiger partial charge in [-0.15, -0.1) is 11.3 Å². The molecule has 0 radical (unpaired) electrons. The fraction of sp³-hybridized carbons (Fsp3) is 0.0833. The van der Waals surface area contributed by atoms with Gasteiger partial charge in [-0.3, -0.25) is 4.79 Å². The summed E-state index contributed by atoms with van der Waals surface area (Å²) in [7, 11) is 1.71. The first-order chi connectivity index (χ1) is 8.90. The normalized spacial score (nSPS) is 10.6. The van der Waals surface area contributed by atoms with Crippen LogP contribution in [-0.4, -0.2) is 13.0 Å². The highest BCUT2D eigenvalue weighted by Crippen LogP contribution is 2.35. The lowest BCUT2D eigenvalue weighted by atomic mass is 10.3. The summed E-state index contributed by atoms with van der Waals surface area (Å²) in [5.41, 5.74) is 0.676. The molecule has 0 aliphatic rings. The number of carbonyl (C=O) groups excluding carboxylic acids is 1. The van der Waals surface area contributed by atoms with Gasteiger partial charge in [0, 0.05) is 16.0 Å². The second kappa shape index (κ2) is 6.26. The summed E-state index contributed by atoms with van der Waals surface area (Å²) < 4.78 is 2.64. The van der Waals surface area contributed by atoms with E-state index in [0.717, 1.165) is 12.7 Å².